The predicted molar refractivity (Wildman–Crippen MR) is 70.3 cm³/mol. The Hall–Kier alpha value is -0.320. The number of halogens is 1. The molecule has 1 heterocycles. The molecule has 1 aromatic rings. The molecule has 1 rings (SSSR count). The molecule has 16 heavy (non-hydrogen) atoms. The highest BCUT2D eigenvalue weighted by atomic mass is 79.9. The van der Waals surface area contributed by atoms with Crippen LogP contribution in [0.25, 0.3) is 0 Å². The minimum Gasteiger partial charge on any atom is -0.466 e. The molecule has 2 unspecified atom stereocenters. The van der Waals surface area contributed by atoms with Crippen molar-refractivity contribution in [1.29, 1.82) is 0 Å². The van der Waals surface area contributed by atoms with Crippen molar-refractivity contribution in [1.82, 2.24) is 4.90 Å². The fraction of sp³-hybridized carbons (Fsp3) is 0.667. The molecule has 1 aromatic heterocycles. The molecular weight excluding hydrogens is 268 g/mol. The Morgan fingerprint density at radius 1 is 1.56 bits per heavy atom. The highest BCUT2D eigenvalue weighted by Crippen LogP contribution is 2.28. The van der Waals surface area contributed by atoms with E-state index >= 15 is 0 Å². The van der Waals surface area contributed by atoms with Gasteiger partial charge in [-0.1, -0.05) is 20.3 Å². The summed E-state index contributed by atoms with van der Waals surface area (Å²) in [5, 5.41) is 0. The zero-order valence-electron chi connectivity index (χ0n) is 10.2. The summed E-state index contributed by atoms with van der Waals surface area (Å²) in [5.41, 5.74) is 5.83. The Balaban J connectivity index is 2.71. The van der Waals surface area contributed by atoms with E-state index in [0.717, 1.165) is 16.8 Å². The first-order valence-corrected chi connectivity index (χ1v) is 6.52. The molecule has 0 aromatic carbocycles. The standard InChI is InChI=1S/C12H21BrN2O/c1-4-9(2)8-15(3)11(7-14)12-10(13)5-6-16-12/h5-6,9,11H,4,7-8,14H2,1-3H3. The third kappa shape index (κ3) is 3.34. The Bertz CT molecular complexity index is 314. The summed E-state index contributed by atoms with van der Waals surface area (Å²) in [5.74, 6) is 1.60. The number of nitrogens with zero attached hydrogens (tertiary/aromatic N) is 1. The van der Waals surface area contributed by atoms with Crippen LogP contribution in [0.15, 0.2) is 21.2 Å². The third-order valence-electron chi connectivity index (χ3n) is 3.00. The van der Waals surface area contributed by atoms with Crippen LogP contribution in [0.4, 0.5) is 0 Å². The normalized spacial score (nSPS) is 15.4. The highest BCUT2D eigenvalue weighted by Gasteiger charge is 2.21. The van der Waals surface area contributed by atoms with Crippen molar-refractivity contribution in [2.45, 2.75) is 26.3 Å². The van der Waals surface area contributed by atoms with E-state index in [4.69, 9.17) is 10.2 Å². The first-order chi connectivity index (χ1) is 7.60. The van der Waals surface area contributed by atoms with Crippen LogP contribution in [0.2, 0.25) is 0 Å². The molecule has 0 aliphatic carbocycles. The molecule has 2 atom stereocenters. The lowest BCUT2D eigenvalue weighted by Gasteiger charge is -2.27. The van der Waals surface area contributed by atoms with Gasteiger partial charge >= 0.3 is 0 Å². The summed E-state index contributed by atoms with van der Waals surface area (Å²) in [6.07, 6.45) is 2.88. The van der Waals surface area contributed by atoms with Crippen LogP contribution in [-0.2, 0) is 0 Å². The Morgan fingerprint density at radius 2 is 2.25 bits per heavy atom. The second kappa shape index (κ2) is 6.42. The van der Waals surface area contributed by atoms with Crippen molar-refractivity contribution in [2.75, 3.05) is 20.1 Å². The van der Waals surface area contributed by atoms with Crippen LogP contribution in [0.1, 0.15) is 32.1 Å². The van der Waals surface area contributed by atoms with Crippen molar-refractivity contribution in [2.24, 2.45) is 11.7 Å². The van der Waals surface area contributed by atoms with Gasteiger partial charge in [0, 0.05) is 13.1 Å². The molecule has 0 radical (unpaired) electrons. The largest absolute Gasteiger partial charge is 0.466 e. The summed E-state index contributed by atoms with van der Waals surface area (Å²) < 4.78 is 6.48. The molecule has 0 saturated heterocycles. The number of rotatable bonds is 6. The van der Waals surface area contributed by atoms with E-state index in [-0.39, 0.29) is 6.04 Å². The van der Waals surface area contributed by atoms with Crippen LogP contribution >= 0.6 is 15.9 Å². The first-order valence-electron chi connectivity index (χ1n) is 5.73. The van der Waals surface area contributed by atoms with Gasteiger partial charge in [0.15, 0.2) is 0 Å². The zero-order chi connectivity index (χ0) is 12.1. The van der Waals surface area contributed by atoms with Gasteiger partial charge in [-0.3, -0.25) is 4.90 Å². The topological polar surface area (TPSA) is 42.4 Å². The van der Waals surface area contributed by atoms with Crippen molar-refractivity contribution >= 4 is 15.9 Å². The van der Waals surface area contributed by atoms with Gasteiger partial charge in [0.2, 0.25) is 0 Å². The summed E-state index contributed by atoms with van der Waals surface area (Å²) >= 11 is 3.48. The quantitative estimate of drug-likeness (QED) is 0.875. The maximum absolute atomic E-state index is 5.83. The molecule has 0 fully saturated rings. The van der Waals surface area contributed by atoms with Crippen molar-refractivity contribution < 1.29 is 4.42 Å². The molecule has 0 saturated carbocycles. The van der Waals surface area contributed by atoms with Crippen LogP contribution in [0, 0.1) is 5.92 Å². The Kier molecular flexibility index (Phi) is 5.52. The smallest absolute Gasteiger partial charge is 0.136 e. The molecule has 0 aliphatic heterocycles. The number of furan rings is 1. The van der Waals surface area contributed by atoms with E-state index in [2.05, 4.69) is 41.7 Å². The van der Waals surface area contributed by atoms with E-state index in [1.807, 2.05) is 6.07 Å². The molecule has 92 valence electrons. The summed E-state index contributed by atoms with van der Waals surface area (Å²) in [6.45, 7) is 6.06. The monoisotopic (exact) mass is 288 g/mol. The average molecular weight is 289 g/mol. The zero-order valence-corrected chi connectivity index (χ0v) is 11.8. The van der Waals surface area contributed by atoms with Gasteiger partial charge in [-0.15, -0.1) is 0 Å². The van der Waals surface area contributed by atoms with Crippen molar-refractivity contribution in [3.63, 3.8) is 0 Å². The summed E-state index contributed by atoms with van der Waals surface area (Å²) in [7, 11) is 2.10. The van der Waals surface area contributed by atoms with Gasteiger partial charge in [0.05, 0.1) is 16.8 Å². The highest BCUT2D eigenvalue weighted by molar-refractivity contribution is 9.10. The molecular formula is C12H21BrN2O. The van der Waals surface area contributed by atoms with Crippen LogP contribution in [0.3, 0.4) is 0 Å². The van der Waals surface area contributed by atoms with E-state index in [0.29, 0.717) is 12.5 Å². The predicted octanol–water partition coefficient (Wildman–Crippen LogP) is 3.02. The van der Waals surface area contributed by atoms with Crippen LogP contribution in [-0.4, -0.2) is 25.0 Å². The first kappa shape index (κ1) is 13.7. The molecule has 0 amide bonds. The van der Waals surface area contributed by atoms with E-state index < -0.39 is 0 Å². The summed E-state index contributed by atoms with van der Waals surface area (Å²) in [4.78, 5) is 2.26. The lowest BCUT2D eigenvalue weighted by Crippen LogP contribution is -2.33. The van der Waals surface area contributed by atoms with E-state index in [1.165, 1.54) is 6.42 Å². The number of hydrogen-bond acceptors (Lipinski definition) is 3. The third-order valence-corrected chi connectivity index (χ3v) is 3.65. The SMILES string of the molecule is CCC(C)CN(C)C(CN)c1occc1Br. The maximum Gasteiger partial charge on any atom is 0.136 e. The number of likely N-dealkylation sites (N-methyl/N-ethyl adjacent to an activating group) is 1. The average Bonchev–Trinajstić information content (AvgIpc) is 2.66. The van der Waals surface area contributed by atoms with Gasteiger partial charge in [-0.25, -0.2) is 0 Å². The van der Waals surface area contributed by atoms with Crippen molar-refractivity contribution in [3.8, 4) is 0 Å². The number of nitrogens with two attached hydrogens (primary N) is 1. The fourth-order valence-electron chi connectivity index (χ4n) is 1.78. The molecule has 2 N–H and O–H groups in total. The molecule has 0 spiro atoms. The van der Waals surface area contributed by atoms with E-state index in [9.17, 15) is 0 Å². The molecule has 0 bridgehead atoms. The van der Waals surface area contributed by atoms with Gasteiger partial charge in [-0.05, 0) is 35.0 Å². The molecule has 4 heteroatoms. The number of hydrogen-bond donors (Lipinski definition) is 1. The van der Waals surface area contributed by atoms with Crippen molar-refractivity contribution in [3.05, 3.63) is 22.6 Å². The van der Waals surface area contributed by atoms with Crippen LogP contribution in [0.5, 0.6) is 0 Å². The second-order valence-corrected chi connectivity index (χ2v) is 5.19. The van der Waals surface area contributed by atoms with Crippen LogP contribution < -0.4 is 5.73 Å². The lowest BCUT2D eigenvalue weighted by atomic mass is 10.1. The second-order valence-electron chi connectivity index (χ2n) is 4.34. The Labute approximate surface area is 106 Å². The van der Waals surface area contributed by atoms with E-state index in [1.54, 1.807) is 6.26 Å². The molecule has 0 aliphatic rings. The van der Waals surface area contributed by atoms with Gasteiger partial charge in [-0.2, -0.15) is 0 Å². The lowest BCUT2D eigenvalue weighted by molar-refractivity contribution is 0.192. The minimum absolute atomic E-state index is 0.151. The van der Waals surface area contributed by atoms with Gasteiger partial charge in [0.1, 0.15) is 5.76 Å². The Morgan fingerprint density at radius 3 is 2.69 bits per heavy atom. The molecule has 3 nitrogen and oxygen atoms in total. The fourth-order valence-corrected chi connectivity index (χ4v) is 2.24. The summed E-state index contributed by atoms with van der Waals surface area (Å²) in [6, 6.07) is 2.06. The minimum atomic E-state index is 0.151. The van der Waals surface area contributed by atoms with Gasteiger partial charge in [0.25, 0.3) is 0 Å². The maximum atomic E-state index is 5.83. The van der Waals surface area contributed by atoms with Gasteiger partial charge < -0.3 is 10.2 Å².